The lowest BCUT2D eigenvalue weighted by atomic mass is 10.0. The van der Waals surface area contributed by atoms with Crippen LogP contribution in [0.2, 0.25) is 5.02 Å². The highest BCUT2D eigenvalue weighted by atomic mass is 79.9. The molecule has 1 atom stereocenters. The van der Waals surface area contributed by atoms with Crippen LogP contribution in [0.15, 0.2) is 51.4 Å². The molecule has 0 amide bonds. The van der Waals surface area contributed by atoms with Gasteiger partial charge < -0.3 is 5.11 Å². The third-order valence-electron chi connectivity index (χ3n) is 2.69. The fraction of sp³-hybridized carbons (Fsp3) is 0.143. The van der Waals surface area contributed by atoms with Gasteiger partial charge in [0.05, 0.1) is 6.10 Å². The molecular weight excluding hydrogens is 379 g/mol. The smallest absolute Gasteiger partial charge is 0.0845 e. The minimum Gasteiger partial charge on any atom is -0.388 e. The molecule has 18 heavy (non-hydrogen) atoms. The van der Waals surface area contributed by atoms with Crippen LogP contribution < -0.4 is 0 Å². The molecule has 4 heteroatoms. The van der Waals surface area contributed by atoms with Crippen molar-refractivity contribution in [3.05, 3.63) is 67.6 Å². The molecule has 0 heterocycles. The van der Waals surface area contributed by atoms with Gasteiger partial charge in [0.2, 0.25) is 0 Å². The lowest BCUT2D eigenvalue weighted by Crippen LogP contribution is -2.03. The molecule has 0 aromatic heterocycles. The fourth-order valence-corrected chi connectivity index (χ4v) is 2.82. The molecule has 0 bridgehead atoms. The van der Waals surface area contributed by atoms with Gasteiger partial charge in [0.25, 0.3) is 0 Å². The molecule has 1 nitrogen and oxygen atoms in total. The van der Waals surface area contributed by atoms with Gasteiger partial charge in [0, 0.05) is 26.0 Å². The summed E-state index contributed by atoms with van der Waals surface area (Å²) in [4.78, 5) is 0. The first-order valence-corrected chi connectivity index (χ1v) is 7.40. The normalized spacial score (nSPS) is 12.4. The molecule has 0 saturated carbocycles. The number of benzene rings is 2. The summed E-state index contributed by atoms with van der Waals surface area (Å²) < 4.78 is 1.91. The Balaban J connectivity index is 2.25. The summed E-state index contributed by atoms with van der Waals surface area (Å²) >= 11 is 13.0. The fourth-order valence-electron chi connectivity index (χ4n) is 1.75. The van der Waals surface area contributed by atoms with Crippen LogP contribution in [-0.2, 0) is 6.42 Å². The number of hydrogen-bond acceptors (Lipinski definition) is 1. The van der Waals surface area contributed by atoms with Gasteiger partial charge in [-0.25, -0.2) is 0 Å². The van der Waals surface area contributed by atoms with Gasteiger partial charge >= 0.3 is 0 Å². The molecule has 0 spiro atoms. The monoisotopic (exact) mass is 388 g/mol. The van der Waals surface area contributed by atoms with Crippen molar-refractivity contribution in [3.63, 3.8) is 0 Å². The minimum atomic E-state index is -0.617. The Bertz CT molecular complexity index is 557. The van der Waals surface area contributed by atoms with Crippen molar-refractivity contribution in [3.8, 4) is 0 Å². The molecule has 0 fully saturated rings. The van der Waals surface area contributed by atoms with Crippen LogP contribution in [0, 0.1) is 0 Å². The van der Waals surface area contributed by atoms with Gasteiger partial charge in [0.1, 0.15) is 0 Å². The van der Waals surface area contributed by atoms with E-state index in [1.54, 1.807) is 6.07 Å². The second-order valence-electron chi connectivity index (χ2n) is 3.98. The van der Waals surface area contributed by atoms with Crippen molar-refractivity contribution in [2.75, 3.05) is 0 Å². The molecule has 1 N–H and O–H groups in total. The summed E-state index contributed by atoms with van der Waals surface area (Å²) in [5.74, 6) is 0. The van der Waals surface area contributed by atoms with Crippen molar-refractivity contribution in [2.24, 2.45) is 0 Å². The van der Waals surface area contributed by atoms with Gasteiger partial charge in [-0.2, -0.15) is 0 Å². The lowest BCUT2D eigenvalue weighted by Gasteiger charge is -2.14. The molecule has 0 radical (unpaired) electrons. The van der Waals surface area contributed by atoms with Crippen molar-refractivity contribution in [2.45, 2.75) is 12.5 Å². The zero-order chi connectivity index (χ0) is 13.1. The maximum atomic E-state index is 10.3. The molecule has 0 aliphatic heterocycles. The number of hydrogen-bond donors (Lipinski definition) is 1. The lowest BCUT2D eigenvalue weighted by molar-refractivity contribution is 0.178. The Hall–Kier alpha value is -0.350. The zero-order valence-corrected chi connectivity index (χ0v) is 13.3. The van der Waals surface area contributed by atoms with Gasteiger partial charge in [-0.05, 0) is 29.8 Å². The summed E-state index contributed by atoms with van der Waals surface area (Å²) in [6, 6.07) is 13.3. The van der Waals surface area contributed by atoms with Crippen LogP contribution in [0.3, 0.4) is 0 Å². The summed E-state index contributed by atoms with van der Waals surface area (Å²) in [7, 11) is 0. The number of aliphatic hydroxyl groups excluding tert-OH is 1. The summed E-state index contributed by atoms with van der Waals surface area (Å²) in [5, 5.41) is 10.9. The summed E-state index contributed by atoms with van der Waals surface area (Å²) in [5.41, 5.74) is 1.79. The van der Waals surface area contributed by atoms with E-state index in [1.165, 1.54) is 0 Å². The predicted molar refractivity (Wildman–Crippen MR) is 82.0 cm³/mol. The van der Waals surface area contributed by atoms with Crippen LogP contribution in [0.4, 0.5) is 0 Å². The SMILES string of the molecule is OC(Cc1ccccc1Br)c1cc(Br)ccc1Cl. The molecule has 0 aliphatic carbocycles. The first-order valence-electron chi connectivity index (χ1n) is 5.44. The third kappa shape index (κ3) is 3.35. The highest BCUT2D eigenvalue weighted by molar-refractivity contribution is 9.10. The van der Waals surface area contributed by atoms with Crippen LogP contribution >= 0.6 is 43.5 Å². The van der Waals surface area contributed by atoms with E-state index < -0.39 is 6.10 Å². The molecule has 0 aliphatic rings. The van der Waals surface area contributed by atoms with E-state index in [0.717, 1.165) is 20.1 Å². The molecule has 2 rings (SSSR count). The van der Waals surface area contributed by atoms with E-state index >= 15 is 0 Å². The molecule has 2 aromatic carbocycles. The van der Waals surface area contributed by atoms with Crippen molar-refractivity contribution in [1.82, 2.24) is 0 Å². The van der Waals surface area contributed by atoms with Gasteiger partial charge in [-0.1, -0.05) is 61.7 Å². The largest absolute Gasteiger partial charge is 0.388 e. The maximum Gasteiger partial charge on any atom is 0.0845 e. The molecule has 94 valence electrons. The van der Waals surface area contributed by atoms with E-state index in [2.05, 4.69) is 31.9 Å². The average molecular weight is 391 g/mol. The van der Waals surface area contributed by atoms with Gasteiger partial charge in [-0.3, -0.25) is 0 Å². The number of aliphatic hydroxyl groups is 1. The zero-order valence-electron chi connectivity index (χ0n) is 9.41. The van der Waals surface area contributed by atoms with Crippen molar-refractivity contribution < 1.29 is 5.11 Å². The van der Waals surface area contributed by atoms with E-state index in [-0.39, 0.29) is 0 Å². The second kappa shape index (κ2) is 6.20. The number of halogens is 3. The van der Waals surface area contributed by atoms with Crippen LogP contribution in [0.1, 0.15) is 17.2 Å². The first kappa shape index (κ1) is 14.1. The van der Waals surface area contributed by atoms with E-state index in [1.807, 2.05) is 36.4 Å². The average Bonchev–Trinajstić information content (AvgIpc) is 2.35. The van der Waals surface area contributed by atoms with Crippen LogP contribution in [0.25, 0.3) is 0 Å². The summed E-state index contributed by atoms with van der Waals surface area (Å²) in [6.07, 6.45) is -0.0916. The van der Waals surface area contributed by atoms with Gasteiger partial charge in [0.15, 0.2) is 0 Å². The molecule has 0 saturated heterocycles. The first-order chi connectivity index (χ1) is 8.58. The van der Waals surface area contributed by atoms with E-state index in [4.69, 9.17) is 11.6 Å². The Morgan fingerprint density at radius 2 is 1.83 bits per heavy atom. The van der Waals surface area contributed by atoms with Gasteiger partial charge in [-0.15, -0.1) is 0 Å². The Labute approximate surface area is 128 Å². The molecule has 2 aromatic rings. The second-order valence-corrected chi connectivity index (χ2v) is 6.15. The quantitative estimate of drug-likeness (QED) is 0.769. The van der Waals surface area contributed by atoms with Crippen molar-refractivity contribution in [1.29, 1.82) is 0 Å². The standard InChI is InChI=1S/C14H11Br2ClO/c15-10-5-6-13(17)11(8-10)14(18)7-9-3-1-2-4-12(9)16/h1-6,8,14,18H,7H2. The Kier molecular flexibility index (Phi) is 4.84. The number of rotatable bonds is 3. The topological polar surface area (TPSA) is 20.2 Å². The highest BCUT2D eigenvalue weighted by Gasteiger charge is 2.14. The van der Waals surface area contributed by atoms with Crippen LogP contribution in [0.5, 0.6) is 0 Å². The summed E-state index contributed by atoms with van der Waals surface area (Å²) in [6.45, 7) is 0. The minimum absolute atomic E-state index is 0.525. The predicted octanol–water partition coefficient (Wildman–Crippen LogP) is 5.14. The molecular formula is C14H11Br2ClO. The van der Waals surface area contributed by atoms with Crippen molar-refractivity contribution >= 4 is 43.5 Å². The highest BCUT2D eigenvalue weighted by Crippen LogP contribution is 2.30. The van der Waals surface area contributed by atoms with E-state index in [9.17, 15) is 5.11 Å². The third-order valence-corrected chi connectivity index (χ3v) is 4.30. The maximum absolute atomic E-state index is 10.3. The Morgan fingerprint density at radius 1 is 1.11 bits per heavy atom. The van der Waals surface area contributed by atoms with E-state index in [0.29, 0.717) is 11.4 Å². The molecule has 1 unspecified atom stereocenters. The van der Waals surface area contributed by atoms with Crippen LogP contribution in [-0.4, -0.2) is 5.11 Å². The Morgan fingerprint density at radius 3 is 2.56 bits per heavy atom.